The van der Waals surface area contributed by atoms with Crippen molar-refractivity contribution in [2.75, 3.05) is 4.90 Å². The van der Waals surface area contributed by atoms with Gasteiger partial charge in [-0.25, -0.2) is 4.98 Å². The Morgan fingerprint density at radius 3 is 2.65 bits per heavy atom. The summed E-state index contributed by atoms with van der Waals surface area (Å²) in [7, 11) is 0. The van der Waals surface area contributed by atoms with Gasteiger partial charge < -0.3 is 10.1 Å². The Labute approximate surface area is 181 Å². The number of pyridine rings is 1. The van der Waals surface area contributed by atoms with Crippen molar-refractivity contribution in [1.82, 2.24) is 15.0 Å². The topological polar surface area (TPSA) is 99.2 Å². The highest BCUT2D eigenvalue weighted by molar-refractivity contribution is 6.51. The number of aliphatic hydroxyl groups is 1. The fraction of sp³-hybridized carbons (Fsp3) is 0.0435. The molecule has 1 aliphatic rings. The van der Waals surface area contributed by atoms with Crippen LogP contribution < -0.4 is 4.90 Å². The molecule has 0 spiro atoms. The van der Waals surface area contributed by atoms with Crippen LogP contribution in [-0.2, 0) is 9.59 Å². The van der Waals surface area contributed by atoms with Crippen LogP contribution in [0.25, 0.3) is 16.8 Å². The number of nitrogens with zero attached hydrogens (tertiary/aromatic N) is 3. The number of aromatic amines is 1. The number of nitrogens with one attached hydrogen (secondary N) is 1. The molecule has 0 bridgehead atoms. The van der Waals surface area contributed by atoms with E-state index in [1.165, 1.54) is 11.0 Å². The minimum absolute atomic E-state index is 0.0549. The zero-order valence-electron chi connectivity index (χ0n) is 16.0. The lowest BCUT2D eigenvalue weighted by Crippen LogP contribution is -2.30. The number of anilines is 1. The van der Waals surface area contributed by atoms with Gasteiger partial charge in [0.25, 0.3) is 5.78 Å². The number of aromatic nitrogens is 3. The average molecular weight is 431 g/mol. The molecular weight excluding hydrogens is 416 g/mol. The van der Waals surface area contributed by atoms with Crippen LogP contribution in [0.5, 0.6) is 0 Å². The second-order valence-corrected chi connectivity index (χ2v) is 7.48. The second kappa shape index (κ2) is 7.37. The monoisotopic (exact) mass is 430 g/mol. The smallest absolute Gasteiger partial charge is 0.302 e. The first-order valence-corrected chi connectivity index (χ1v) is 9.84. The SMILES string of the molecule is O=C1C(=O)N(c2nc3ccccc3[nH]2)C(c2cccnc2)/C1=C(\O)c1cccc(Cl)c1. The third-order valence-electron chi connectivity index (χ3n) is 5.15. The van der Waals surface area contributed by atoms with E-state index in [1.807, 2.05) is 18.2 Å². The first kappa shape index (κ1) is 19.0. The summed E-state index contributed by atoms with van der Waals surface area (Å²) in [5.41, 5.74) is 2.22. The summed E-state index contributed by atoms with van der Waals surface area (Å²) < 4.78 is 0. The van der Waals surface area contributed by atoms with Gasteiger partial charge in [0.1, 0.15) is 5.76 Å². The van der Waals surface area contributed by atoms with Crippen LogP contribution in [0.3, 0.4) is 0 Å². The van der Waals surface area contributed by atoms with E-state index in [-0.39, 0.29) is 17.3 Å². The molecule has 2 aromatic heterocycles. The Hall–Kier alpha value is -3.97. The lowest BCUT2D eigenvalue weighted by molar-refractivity contribution is -0.132. The molecule has 1 saturated heterocycles. The number of hydrogen-bond acceptors (Lipinski definition) is 5. The molecule has 2 N–H and O–H groups in total. The first-order chi connectivity index (χ1) is 15.0. The Morgan fingerprint density at radius 2 is 1.90 bits per heavy atom. The highest BCUT2D eigenvalue weighted by Gasteiger charge is 2.48. The van der Waals surface area contributed by atoms with E-state index >= 15 is 0 Å². The van der Waals surface area contributed by atoms with E-state index in [2.05, 4.69) is 15.0 Å². The molecule has 0 aliphatic carbocycles. The van der Waals surface area contributed by atoms with Crippen molar-refractivity contribution in [1.29, 1.82) is 0 Å². The van der Waals surface area contributed by atoms with Crippen LogP contribution in [0, 0.1) is 0 Å². The Bertz CT molecular complexity index is 1330. The fourth-order valence-electron chi connectivity index (χ4n) is 3.75. The predicted molar refractivity (Wildman–Crippen MR) is 117 cm³/mol. The van der Waals surface area contributed by atoms with Crippen LogP contribution >= 0.6 is 11.6 Å². The number of ketones is 1. The van der Waals surface area contributed by atoms with Crippen LogP contribution in [0.15, 0.2) is 78.6 Å². The number of H-pyrrole nitrogens is 1. The molecule has 3 heterocycles. The molecule has 4 aromatic rings. The predicted octanol–water partition coefficient (Wildman–Crippen LogP) is 4.24. The van der Waals surface area contributed by atoms with E-state index in [0.717, 1.165) is 5.52 Å². The third kappa shape index (κ3) is 3.15. The minimum Gasteiger partial charge on any atom is -0.507 e. The number of amides is 1. The lowest BCUT2D eigenvalue weighted by Gasteiger charge is -2.22. The third-order valence-corrected chi connectivity index (χ3v) is 5.38. The summed E-state index contributed by atoms with van der Waals surface area (Å²) in [6, 6.07) is 16.3. The molecule has 1 amide bonds. The van der Waals surface area contributed by atoms with Crippen molar-refractivity contribution in [3.8, 4) is 0 Å². The van der Waals surface area contributed by atoms with Crippen molar-refractivity contribution in [2.24, 2.45) is 0 Å². The summed E-state index contributed by atoms with van der Waals surface area (Å²) in [6.07, 6.45) is 3.14. The molecule has 0 radical (unpaired) electrons. The van der Waals surface area contributed by atoms with Crippen molar-refractivity contribution < 1.29 is 14.7 Å². The molecule has 1 atom stereocenters. The maximum absolute atomic E-state index is 13.1. The van der Waals surface area contributed by atoms with Gasteiger partial charge in [-0.2, -0.15) is 0 Å². The van der Waals surface area contributed by atoms with Crippen molar-refractivity contribution in [3.63, 3.8) is 0 Å². The lowest BCUT2D eigenvalue weighted by atomic mass is 9.96. The zero-order valence-corrected chi connectivity index (χ0v) is 16.7. The minimum atomic E-state index is -0.909. The Kier molecular flexibility index (Phi) is 4.52. The molecule has 2 aromatic carbocycles. The van der Waals surface area contributed by atoms with Crippen LogP contribution in [0.4, 0.5) is 5.95 Å². The standard InChI is InChI=1S/C23H15ClN4O3/c24-15-7-3-5-13(11-15)20(29)18-19(14-6-4-10-25-12-14)28(22(31)21(18)30)23-26-16-8-1-2-9-17(16)27-23/h1-12,19,29H,(H,26,27)/b20-18+. The van der Waals surface area contributed by atoms with E-state index < -0.39 is 17.7 Å². The quantitative estimate of drug-likeness (QED) is 0.288. The maximum atomic E-state index is 13.1. The van der Waals surface area contributed by atoms with E-state index in [9.17, 15) is 14.7 Å². The number of aliphatic hydroxyl groups excluding tert-OH is 1. The van der Waals surface area contributed by atoms with Gasteiger partial charge in [0.15, 0.2) is 0 Å². The Morgan fingerprint density at radius 1 is 1.06 bits per heavy atom. The summed E-state index contributed by atoms with van der Waals surface area (Å²) >= 11 is 6.06. The number of benzene rings is 2. The molecule has 152 valence electrons. The number of rotatable bonds is 3. The number of fused-ring (bicyclic) bond motifs is 1. The zero-order chi connectivity index (χ0) is 21.5. The summed E-state index contributed by atoms with van der Waals surface area (Å²) in [6.45, 7) is 0. The fourth-order valence-corrected chi connectivity index (χ4v) is 3.94. The number of imidazole rings is 1. The van der Waals surface area contributed by atoms with Crippen LogP contribution in [-0.4, -0.2) is 31.7 Å². The molecule has 1 aliphatic heterocycles. The van der Waals surface area contributed by atoms with Gasteiger partial charge >= 0.3 is 5.91 Å². The molecular formula is C23H15ClN4O3. The van der Waals surface area contributed by atoms with Crippen LogP contribution in [0.2, 0.25) is 5.02 Å². The first-order valence-electron chi connectivity index (χ1n) is 9.46. The van der Waals surface area contributed by atoms with E-state index in [4.69, 9.17) is 11.6 Å². The largest absolute Gasteiger partial charge is 0.507 e. The number of para-hydroxylation sites is 2. The molecule has 31 heavy (non-hydrogen) atoms. The molecule has 5 rings (SSSR count). The van der Waals surface area contributed by atoms with Gasteiger partial charge in [0, 0.05) is 23.0 Å². The van der Waals surface area contributed by atoms with Crippen molar-refractivity contribution >= 4 is 46.0 Å². The number of carbonyl (C=O) groups excluding carboxylic acids is 2. The van der Waals surface area contributed by atoms with Crippen molar-refractivity contribution in [3.05, 3.63) is 94.8 Å². The maximum Gasteiger partial charge on any atom is 0.302 e. The summed E-state index contributed by atoms with van der Waals surface area (Å²) in [5, 5.41) is 11.4. The average Bonchev–Trinajstić information content (AvgIpc) is 3.32. The van der Waals surface area contributed by atoms with Gasteiger partial charge in [0.05, 0.1) is 22.6 Å². The highest BCUT2D eigenvalue weighted by atomic mass is 35.5. The normalized spacial score (nSPS) is 18.1. The number of carbonyl (C=O) groups is 2. The molecule has 1 fully saturated rings. The summed E-state index contributed by atoms with van der Waals surface area (Å²) in [4.78, 5) is 39.2. The molecule has 0 saturated carbocycles. The van der Waals surface area contributed by atoms with Gasteiger partial charge in [-0.1, -0.05) is 41.9 Å². The van der Waals surface area contributed by atoms with Crippen LogP contribution in [0.1, 0.15) is 17.2 Å². The molecule has 7 nitrogen and oxygen atoms in total. The molecule has 1 unspecified atom stereocenters. The number of Topliss-reactive ketones (excluding diaryl/α,β-unsaturated/α-hetero) is 1. The van der Waals surface area contributed by atoms with E-state index in [0.29, 0.717) is 21.7 Å². The van der Waals surface area contributed by atoms with E-state index in [1.54, 1.807) is 48.8 Å². The van der Waals surface area contributed by atoms with Gasteiger partial charge in [0.2, 0.25) is 5.95 Å². The molecule has 8 heteroatoms. The van der Waals surface area contributed by atoms with Gasteiger partial charge in [-0.3, -0.25) is 19.5 Å². The van der Waals surface area contributed by atoms with Gasteiger partial charge in [-0.05, 0) is 35.9 Å². The Balaban J connectivity index is 1.74. The van der Waals surface area contributed by atoms with Gasteiger partial charge in [-0.15, -0.1) is 0 Å². The number of hydrogen-bond donors (Lipinski definition) is 2. The highest BCUT2D eigenvalue weighted by Crippen LogP contribution is 2.41. The summed E-state index contributed by atoms with van der Waals surface area (Å²) in [5.74, 6) is -1.71. The second-order valence-electron chi connectivity index (χ2n) is 7.04. The van der Waals surface area contributed by atoms with Crippen molar-refractivity contribution in [2.45, 2.75) is 6.04 Å². The number of halogens is 1.